The number of hydrogen-bond donors (Lipinski definition) is 2. The zero-order valence-corrected chi connectivity index (χ0v) is 16.2. The normalized spacial score (nSPS) is 14.3. The molecule has 2 N–H and O–H groups in total. The number of hydrogen-bond acceptors (Lipinski definition) is 3. The second kappa shape index (κ2) is 8.02. The minimum Gasteiger partial charge on any atom is -0.496 e. The minimum atomic E-state index is -4.98. The van der Waals surface area contributed by atoms with Gasteiger partial charge in [-0.15, -0.1) is 0 Å². The van der Waals surface area contributed by atoms with E-state index in [0.29, 0.717) is 0 Å². The average molecular weight is 414 g/mol. The van der Waals surface area contributed by atoms with Crippen LogP contribution in [-0.2, 0) is 11.8 Å². The third-order valence-corrected chi connectivity index (χ3v) is 4.85. The number of benzene rings is 2. The van der Waals surface area contributed by atoms with Crippen LogP contribution in [0.25, 0.3) is 0 Å². The number of alkyl halides is 3. The summed E-state index contributed by atoms with van der Waals surface area (Å²) in [7, 11) is 1.33. The Morgan fingerprint density at radius 3 is 2.14 bits per heavy atom. The smallest absolute Gasteiger partial charge is 0.417 e. The summed E-state index contributed by atoms with van der Waals surface area (Å²) in [4.78, 5) is 10.9. The quantitative estimate of drug-likeness (QED) is 0.643. The molecule has 0 bridgehead atoms. The van der Waals surface area contributed by atoms with E-state index in [-0.39, 0.29) is 22.4 Å². The molecule has 0 aliphatic carbocycles. The van der Waals surface area contributed by atoms with Crippen molar-refractivity contribution in [3.63, 3.8) is 0 Å². The molecule has 0 heterocycles. The Hall–Kier alpha value is -2.61. The molecule has 0 saturated carbocycles. The summed E-state index contributed by atoms with van der Waals surface area (Å²) in [6, 6.07) is 8.37. The van der Waals surface area contributed by atoms with Gasteiger partial charge in [0.05, 0.1) is 12.7 Å². The lowest BCUT2D eigenvalue weighted by Crippen LogP contribution is -2.50. The monoisotopic (exact) mass is 414 g/mol. The Bertz CT molecular complexity index is 875. The van der Waals surface area contributed by atoms with Crippen LogP contribution in [0.1, 0.15) is 41.8 Å². The minimum absolute atomic E-state index is 0.0749. The molecule has 0 spiro atoms. The Morgan fingerprint density at radius 1 is 1.07 bits per heavy atom. The van der Waals surface area contributed by atoms with Gasteiger partial charge in [-0.05, 0) is 47.7 Å². The molecule has 2 rings (SSSR count). The number of carboxylic acid groups (broad SMARTS) is 1. The third kappa shape index (κ3) is 5.06. The molecule has 0 radical (unpaired) electrons. The van der Waals surface area contributed by atoms with Gasteiger partial charge in [-0.25, -0.2) is 9.18 Å². The van der Waals surface area contributed by atoms with Crippen LogP contribution in [-0.4, -0.2) is 35.1 Å². The summed E-state index contributed by atoms with van der Waals surface area (Å²) >= 11 is 0. The Labute approximate surface area is 165 Å². The molecule has 29 heavy (non-hydrogen) atoms. The maximum atomic E-state index is 13.9. The summed E-state index contributed by atoms with van der Waals surface area (Å²) in [5, 5.41) is 19.6. The van der Waals surface area contributed by atoms with Crippen LogP contribution < -0.4 is 4.74 Å². The standard InChI is InChI=1S/C21H22F4O4/c1-19(2,16-10-15(22)8-9-17(16)29-3)12-20(28,21(23,24)25)11-13-4-6-14(7-5-13)18(26)27/h4-10,28H,11-12H2,1-3H3,(H,26,27). The zero-order chi connectivity index (χ0) is 22.0. The van der Waals surface area contributed by atoms with E-state index < -0.39 is 41.8 Å². The Morgan fingerprint density at radius 2 is 1.66 bits per heavy atom. The van der Waals surface area contributed by atoms with Crippen molar-refractivity contribution in [1.29, 1.82) is 0 Å². The van der Waals surface area contributed by atoms with E-state index in [4.69, 9.17) is 9.84 Å². The molecule has 1 unspecified atom stereocenters. The van der Waals surface area contributed by atoms with E-state index in [9.17, 15) is 27.5 Å². The number of halogens is 4. The second-order valence-electron chi connectivity index (χ2n) is 7.61. The molecular formula is C21H22F4O4. The van der Waals surface area contributed by atoms with Crippen molar-refractivity contribution in [1.82, 2.24) is 0 Å². The predicted molar refractivity (Wildman–Crippen MR) is 98.7 cm³/mol. The van der Waals surface area contributed by atoms with E-state index in [1.807, 2.05) is 0 Å². The number of carbonyl (C=O) groups is 1. The fourth-order valence-electron chi connectivity index (χ4n) is 3.40. The second-order valence-corrected chi connectivity index (χ2v) is 7.61. The van der Waals surface area contributed by atoms with Gasteiger partial charge in [0.2, 0.25) is 0 Å². The summed E-state index contributed by atoms with van der Waals surface area (Å²) in [6.45, 7) is 2.93. The number of rotatable bonds is 7. The van der Waals surface area contributed by atoms with Crippen molar-refractivity contribution in [2.24, 2.45) is 0 Å². The fraction of sp³-hybridized carbons (Fsp3) is 0.381. The van der Waals surface area contributed by atoms with Crippen molar-refractivity contribution in [2.75, 3.05) is 7.11 Å². The molecular weight excluding hydrogens is 392 g/mol. The van der Waals surface area contributed by atoms with Crippen LogP contribution >= 0.6 is 0 Å². The van der Waals surface area contributed by atoms with Gasteiger partial charge < -0.3 is 14.9 Å². The van der Waals surface area contributed by atoms with Crippen LogP contribution in [0.2, 0.25) is 0 Å². The molecule has 0 fully saturated rings. The van der Waals surface area contributed by atoms with Gasteiger partial charge in [0.1, 0.15) is 11.6 Å². The first-order valence-corrected chi connectivity index (χ1v) is 8.74. The first-order chi connectivity index (χ1) is 13.3. The first-order valence-electron chi connectivity index (χ1n) is 8.74. The highest BCUT2D eigenvalue weighted by molar-refractivity contribution is 5.87. The van der Waals surface area contributed by atoms with Crippen LogP contribution in [0, 0.1) is 5.82 Å². The van der Waals surface area contributed by atoms with Crippen molar-refractivity contribution in [3.8, 4) is 5.75 Å². The van der Waals surface area contributed by atoms with Gasteiger partial charge >= 0.3 is 12.1 Å². The highest BCUT2D eigenvalue weighted by atomic mass is 19.4. The van der Waals surface area contributed by atoms with E-state index in [1.165, 1.54) is 51.3 Å². The summed E-state index contributed by atoms with van der Waals surface area (Å²) in [5.74, 6) is -1.62. The van der Waals surface area contributed by atoms with Gasteiger partial charge in [0, 0.05) is 12.0 Å². The molecule has 2 aromatic carbocycles. The van der Waals surface area contributed by atoms with Gasteiger partial charge in [-0.3, -0.25) is 0 Å². The highest BCUT2D eigenvalue weighted by Crippen LogP contribution is 2.45. The molecule has 1 atom stereocenters. The van der Waals surface area contributed by atoms with Crippen LogP contribution in [0.15, 0.2) is 42.5 Å². The van der Waals surface area contributed by atoms with Crippen molar-refractivity contribution < 1.29 is 37.3 Å². The predicted octanol–water partition coefficient (Wildman–Crippen LogP) is 4.74. The van der Waals surface area contributed by atoms with Crippen LogP contribution in [0.4, 0.5) is 17.6 Å². The largest absolute Gasteiger partial charge is 0.496 e. The highest BCUT2D eigenvalue weighted by Gasteiger charge is 2.56. The van der Waals surface area contributed by atoms with E-state index in [2.05, 4.69) is 0 Å². The lowest BCUT2D eigenvalue weighted by atomic mass is 9.72. The number of carboxylic acids is 1. The molecule has 8 heteroatoms. The molecule has 0 saturated heterocycles. The van der Waals surface area contributed by atoms with Crippen molar-refractivity contribution in [2.45, 2.75) is 43.9 Å². The molecule has 0 amide bonds. The molecule has 0 aromatic heterocycles. The van der Waals surface area contributed by atoms with Crippen LogP contribution in [0.5, 0.6) is 5.75 Å². The number of aromatic carboxylic acids is 1. The van der Waals surface area contributed by atoms with Crippen LogP contribution in [0.3, 0.4) is 0 Å². The summed E-state index contributed by atoms with van der Waals surface area (Å²) in [5.41, 5.74) is -4.17. The number of methoxy groups -OCH3 is 1. The maximum absolute atomic E-state index is 13.9. The molecule has 0 aliphatic heterocycles. The molecule has 4 nitrogen and oxygen atoms in total. The maximum Gasteiger partial charge on any atom is 0.417 e. The van der Waals surface area contributed by atoms with Crippen molar-refractivity contribution in [3.05, 3.63) is 65.0 Å². The molecule has 158 valence electrons. The summed E-state index contributed by atoms with van der Waals surface area (Å²) in [6.07, 6.45) is -6.52. The SMILES string of the molecule is COc1ccc(F)cc1C(C)(C)CC(O)(Cc1ccc(C(=O)O)cc1)C(F)(F)F. The van der Waals surface area contributed by atoms with E-state index in [0.717, 1.165) is 12.1 Å². The Balaban J connectivity index is 2.41. The van der Waals surface area contributed by atoms with Gasteiger partial charge in [0.15, 0.2) is 5.60 Å². The van der Waals surface area contributed by atoms with Gasteiger partial charge in [0.25, 0.3) is 0 Å². The zero-order valence-electron chi connectivity index (χ0n) is 16.2. The molecule has 2 aromatic rings. The fourth-order valence-corrected chi connectivity index (χ4v) is 3.40. The number of ether oxygens (including phenoxy) is 1. The lowest BCUT2D eigenvalue weighted by Gasteiger charge is -2.38. The van der Waals surface area contributed by atoms with Gasteiger partial charge in [-0.2, -0.15) is 13.2 Å². The van der Waals surface area contributed by atoms with E-state index >= 15 is 0 Å². The van der Waals surface area contributed by atoms with E-state index in [1.54, 1.807) is 0 Å². The number of aliphatic hydroxyl groups is 1. The topological polar surface area (TPSA) is 66.8 Å². The molecule has 0 aliphatic rings. The third-order valence-electron chi connectivity index (χ3n) is 4.85. The lowest BCUT2D eigenvalue weighted by molar-refractivity contribution is -0.266. The summed E-state index contributed by atoms with van der Waals surface area (Å²) < 4.78 is 60.5. The average Bonchev–Trinajstić information content (AvgIpc) is 2.60. The first kappa shape index (κ1) is 22.7. The Kier molecular flexibility index (Phi) is 6.27. The van der Waals surface area contributed by atoms with Crippen molar-refractivity contribution >= 4 is 5.97 Å². The van der Waals surface area contributed by atoms with Gasteiger partial charge in [-0.1, -0.05) is 26.0 Å².